The fraction of sp³-hybridized carbons (Fsp3) is 0.471. The van der Waals surface area contributed by atoms with Gasteiger partial charge >= 0.3 is 11.9 Å². The molecule has 1 aromatic carbocycles. The molecule has 0 aromatic heterocycles. The van der Waals surface area contributed by atoms with Gasteiger partial charge < -0.3 is 14.4 Å². The molecule has 2 aliphatic rings. The number of carbonyl (C=O) groups is 2. The van der Waals surface area contributed by atoms with Crippen molar-refractivity contribution in [2.24, 2.45) is 4.40 Å². The van der Waals surface area contributed by atoms with E-state index in [4.69, 9.17) is 9.47 Å². The highest BCUT2D eigenvalue weighted by atomic mass is 32.2. The summed E-state index contributed by atoms with van der Waals surface area (Å²) >= 11 is 0. The van der Waals surface area contributed by atoms with Crippen molar-refractivity contribution in [2.45, 2.75) is 43.7 Å². The van der Waals surface area contributed by atoms with Gasteiger partial charge in [-0.15, -0.1) is 4.40 Å². The molecule has 0 aliphatic carbocycles. The zero-order chi connectivity index (χ0) is 18.9. The summed E-state index contributed by atoms with van der Waals surface area (Å²) in [4.78, 5) is 25.7. The number of esters is 2. The van der Waals surface area contributed by atoms with E-state index in [9.17, 15) is 18.0 Å². The molecule has 0 unspecified atom stereocenters. The van der Waals surface area contributed by atoms with Crippen molar-refractivity contribution in [1.29, 1.82) is 0 Å². The lowest BCUT2D eigenvalue weighted by Gasteiger charge is -2.24. The number of hydrogen-bond acceptors (Lipinski definition) is 7. The van der Waals surface area contributed by atoms with Gasteiger partial charge in [-0.1, -0.05) is 12.1 Å². The molecule has 0 radical (unpaired) electrons. The molecule has 140 valence electrons. The Morgan fingerprint density at radius 2 is 2.04 bits per heavy atom. The van der Waals surface area contributed by atoms with Crippen molar-refractivity contribution < 1.29 is 27.5 Å². The Balaban J connectivity index is 1.75. The Labute approximate surface area is 151 Å². The third-order valence-electron chi connectivity index (χ3n) is 4.11. The van der Waals surface area contributed by atoms with Crippen LogP contribution in [0.2, 0.25) is 0 Å². The number of rotatable bonds is 4. The van der Waals surface area contributed by atoms with E-state index in [1.54, 1.807) is 36.9 Å². The topological polar surface area (TPSA) is 102 Å². The third kappa shape index (κ3) is 3.57. The minimum absolute atomic E-state index is 0.134. The maximum Gasteiger partial charge on any atom is 0.344 e. The highest BCUT2D eigenvalue weighted by molar-refractivity contribution is 7.90. The van der Waals surface area contributed by atoms with Gasteiger partial charge in [-0.05, 0) is 38.8 Å². The molecule has 0 saturated carbocycles. The molecule has 9 heteroatoms. The molecule has 0 N–H and O–H groups in total. The van der Waals surface area contributed by atoms with E-state index in [2.05, 4.69) is 4.40 Å². The first kappa shape index (κ1) is 18.4. The maximum atomic E-state index is 12.4. The molecule has 26 heavy (non-hydrogen) atoms. The molecule has 2 aliphatic heterocycles. The summed E-state index contributed by atoms with van der Waals surface area (Å²) in [5, 5.41) is 0. The van der Waals surface area contributed by atoms with E-state index >= 15 is 0 Å². The summed E-state index contributed by atoms with van der Waals surface area (Å²) in [6.07, 6.45) is 0.898. The fourth-order valence-corrected chi connectivity index (χ4v) is 4.30. The second-order valence-electron chi connectivity index (χ2n) is 6.38. The largest absolute Gasteiger partial charge is 0.460 e. The van der Waals surface area contributed by atoms with Crippen LogP contribution in [0.3, 0.4) is 0 Å². The molecule has 0 spiro atoms. The van der Waals surface area contributed by atoms with Crippen molar-refractivity contribution in [1.82, 2.24) is 4.90 Å². The van der Waals surface area contributed by atoms with Gasteiger partial charge in [-0.2, -0.15) is 8.42 Å². The predicted octanol–water partition coefficient (Wildman–Crippen LogP) is 1.09. The first-order valence-corrected chi connectivity index (χ1v) is 9.81. The number of likely N-dealkylation sites (tertiary alicyclic amines) is 1. The van der Waals surface area contributed by atoms with E-state index in [1.807, 2.05) is 0 Å². The Bertz CT molecular complexity index is 862. The van der Waals surface area contributed by atoms with Crippen LogP contribution >= 0.6 is 0 Å². The van der Waals surface area contributed by atoms with Crippen LogP contribution in [0, 0.1) is 0 Å². The van der Waals surface area contributed by atoms with Crippen molar-refractivity contribution in [3.63, 3.8) is 0 Å². The van der Waals surface area contributed by atoms with Crippen LogP contribution < -0.4 is 0 Å². The van der Waals surface area contributed by atoms with Gasteiger partial charge in [0, 0.05) is 12.1 Å². The Hall–Kier alpha value is -2.42. The summed E-state index contributed by atoms with van der Waals surface area (Å²) in [5.41, 5.74) is 0.478. The van der Waals surface area contributed by atoms with Crippen molar-refractivity contribution >= 4 is 27.8 Å². The average Bonchev–Trinajstić information content (AvgIpc) is 3.15. The second-order valence-corrected chi connectivity index (χ2v) is 7.96. The molecule has 0 bridgehead atoms. The summed E-state index contributed by atoms with van der Waals surface area (Å²) in [5.74, 6) is -0.957. The van der Waals surface area contributed by atoms with E-state index in [1.165, 1.54) is 6.07 Å². The monoisotopic (exact) mass is 380 g/mol. The summed E-state index contributed by atoms with van der Waals surface area (Å²) in [6, 6.07) is 5.83. The van der Waals surface area contributed by atoms with Crippen molar-refractivity contribution in [3.8, 4) is 0 Å². The van der Waals surface area contributed by atoms with Crippen LogP contribution in [0.15, 0.2) is 33.6 Å². The zero-order valence-electron chi connectivity index (χ0n) is 14.5. The quantitative estimate of drug-likeness (QED) is 0.721. The van der Waals surface area contributed by atoms with Crippen LogP contribution in [0.4, 0.5) is 0 Å². The Morgan fingerprint density at radius 1 is 1.31 bits per heavy atom. The number of hydrogen-bond donors (Lipinski definition) is 0. The summed E-state index contributed by atoms with van der Waals surface area (Å²) in [7, 11) is -3.76. The number of amidine groups is 1. The number of sulfonamides is 1. The minimum atomic E-state index is -3.76. The SMILES string of the molecule is CC(C)OC(=O)COC(=O)[C@@H]1CCCN1C1=NS(=O)(=O)c2ccccc21. The fourth-order valence-electron chi connectivity index (χ4n) is 3.08. The second kappa shape index (κ2) is 7.06. The highest BCUT2D eigenvalue weighted by Gasteiger charge is 2.40. The van der Waals surface area contributed by atoms with Crippen LogP contribution in [-0.4, -0.2) is 56.4 Å². The number of carbonyl (C=O) groups excluding carboxylic acids is 2. The number of benzene rings is 1. The highest BCUT2D eigenvalue weighted by Crippen LogP contribution is 2.31. The lowest BCUT2D eigenvalue weighted by molar-refractivity contribution is -0.163. The molecular weight excluding hydrogens is 360 g/mol. The maximum absolute atomic E-state index is 12.4. The van der Waals surface area contributed by atoms with Gasteiger partial charge in [-0.25, -0.2) is 9.59 Å². The standard InChI is InChI=1S/C17H20N2O6S/c1-11(2)25-15(20)10-24-17(21)13-7-5-9-19(13)16-12-6-3-4-8-14(12)26(22,23)18-16/h3-4,6,8,11,13H,5,7,9-10H2,1-2H3/t13-/m0/s1. The molecule has 1 atom stereocenters. The number of ether oxygens (including phenoxy) is 2. The van der Waals surface area contributed by atoms with E-state index in [0.717, 1.165) is 0 Å². The molecular formula is C17H20N2O6S. The molecule has 1 aromatic rings. The average molecular weight is 380 g/mol. The Kier molecular flexibility index (Phi) is 4.99. The summed E-state index contributed by atoms with van der Waals surface area (Å²) in [6.45, 7) is 3.42. The third-order valence-corrected chi connectivity index (χ3v) is 5.43. The summed E-state index contributed by atoms with van der Waals surface area (Å²) < 4.78 is 38.3. The number of fused-ring (bicyclic) bond motifs is 1. The van der Waals surface area contributed by atoms with Crippen molar-refractivity contribution in [2.75, 3.05) is 13.2 Å². The minimum Gasteiger partial charge on any atom is -0.460 e. The molecule has 2 heterocycles. The first-order valence-electron chi connectivity index (χ1n) is 8.37. The molecule has 1 saturated heterocycles. The van der Waals surface area contributed by atoms with Gasteiger partial charge in [0.1, 0.15) is 10.9 Å². The molecule has 1 fully saturated rings. The lowest BCUT2D eigenvalue weighted by Crippen LogP contribution is -2.42. The van der Waals surface area contributed by atoms with E-state index < -0.39 is 34.6 Å². The zero-order valence-corrected chi connectivity index (χ0v) is 15.4. The molecule has 3 rings (SSSR count). The lowest BCUT2D eigenvalue weighted by atomic mass is 10.1. The van der Waals surface area contributed by atoms with Crippen LogP contribution in [0.5, 0.6) is 0 Å². The van der Waals surface area contributed by atoms with Gasteiger partial charge in [-0.3, -0.25) is 0 Å². The van der Waals surface area contributed by atoms with Crippen LogP contribution in [0.1, 0.15) is 32.3 Å². The van der Waals surface area contributed by atoms with Gasteiger partial charge in [0.2, 0.25) is 0 Å². The van der Waals surface area contributed by atoms with Gasteiger partial charge in [0.25, 0.3) is 10.0 Å². The smallest absolute Gasteiger partial charge is 0.344 e. The molecule has 8 nitrogen and oxygen atoms in total. The Morgan fingerprint density at radius 3 is 2.77 bits per heavy atom. The molecule has 0 amide bonds. The van der Waals surface area contributed by atoms with Crippen molar-refractivity contribution in [3.05, 3.63) is 29.8 Å². The first-order chi connectivity index (χ1) is 12.3. The number of nitrogens with zero attached hydrogens (tertiary/aromatic N) is 2. The van der Waals surface area contributed by atoms with E-state index in [-0.39, 0.29) is 16.8 Å². The normalized spacial score (nSPS) is 20.7. The van der Waals surface area contributed by atoms with Gasteiger partial charge in [0.15, 0.2) is 12.4 Å². The van der Waals surface area contributed by atoms with E-state index in [0.29, 0.717) is 24.9 Å². The van der Waals surface area contributed by atoms with Crippen LogP contribution in [0.25, 0.3) is 0 Å². The van der Waals surface area contributed by atoms with Gasteiger partial charge in [0.05, 0.1) is 6.10 Å². The van der Waals surface area contributed by atoms with Crippen LogP contribution in [-0.2, 0) is 29.1 Å². The predicted molar refractivity (Wildman–Crippen MR) is 92.1 cm³/mol.